The van der Waals surface area contributed by atoms with E-state index in [0.717, 1.165) is 11.4 Å². The highest BCUT2D eigenvalue weighted by Gasteiger charge is 2.45. The summed E-state index contributed by atoms with van der Waals surface area (Å²) in [5.74, 6) is 0.969. The maximum atomic E-state index is 6.75. The molecule has 0 saturated carbocycles. The van der Waals surface area contributed by atoms with Crippen molar-refractivity contribution in [3.05, 3.63) is 103 Å². The minimum Gasteiger partial charge on any atom is -0.288 e. The van der Waals surface area contributed by atoms with Gasteiger partial charge in [-0.05, 0) is 28.6 Å². The van der Waals surface area contributed by atoms with Crippen molar-refractivity contribution in [2.45, 2.75) is 0 Å². The summed E-state index contributed by atoms with van der Waals surface area (Å²) >= 11 is 6.75. The van der Waals surface area contributed by atoms with Gasteiger partial charge >= 0.3 is 0 Å². The Bertz CT molecular complexity index is 1590. The van der Waals surface area contributed by atoms with E-state index in [1.807, 2.05) is 12.3 Å². The summed E-state index contributed by atoms with van der Waals surface area (Å²) in [6.07, 6.45) is -0.476. The molecule has 0 N–H and O–H groups in total. The van der Waals surface area contributed by atoms with Gasteiger partial charge in [-0.3, -0.25) is 4.67 Å². The third-order valence-corrected chi connectivity index (χ3v) is 11.1. The van der Waals surface area contributed by atoms with Gasteiger partial charge in [0.1, 0.15) is 5.82 Å². The maximum Gasteiger partial charge on any atom is 0.145 e. The molecule has 1 unspecified atom stereocenters. The standard InChI is InChI=1S/C27H17N2PS/c31-30-24-13-5-3-10-20(24)22-16-15-18-8-1-2-9-19(18)26(22)29(30)27-23(12-7-17-28-27)21-11-4-6-14-25(21)30/h1-17H. The van der Waals surface area contributed by atoms with E-state index in [1.165, 1.54) is 43.8 Å². The number of hydrogen-bond acceptors (Lipinski definition) is 2. The van der Waals surface area contributed by atoms with Crippen molar-refractivity contribution in [1.82, 2.24) is 4.98 Å². The topological polar surface area (TPSA) is 16.1 Å². The first kappa shape index (κ1) is 17.4. The van der Waals surface area contributed by atoms with E-state index in [0.29, 0.717) is 0 Å². The Morgan fingerprint density at radius 1 is 0.613 bits per heavy atom. The van der Waals surface area contributed by atoms with E-state index in [9.17, 15) is 0 Å². The Labute approximate surface area is 185 Å². The molecule has 2 aliphatic heterocycles. The molecular weight excluding hydrogens is 415 g/mol. The number of hydrogen-bond donors (Lipinski definition) is 0. The zero-order chi connectivity index (χ0) is 20.6. The van der Waals surface area contributed by atoms with Crippen LogP contribution in [0.5, 0.6) is 0 Å². The van der Waals surface area contributed by atoms with Gasteiger partial charge in [0.05, 0.1) is 11.9 Å². The molecule has 0 spiro atoms. The summed E-state index contributed by atoms with van der Waals surface area (Å²) in [6, 6.07) is 34.6. The lowest BCUT2D eigenvalue weighted by Crippen LogP contribution is -2.37. The van der Waals surface area contributed by atoms with Crippen molar-refractivity contribution in [2.24, 2.45) is 0 Å². The van der Waals surface area contributed by atoms with Crippen molar-refractivity contribution in [2.75, 3.05) is 4.67 Å². The number of anilines is 2. The minimum atomic E-state index is -2.36. The zero-order valence-electron chi connectivity index (χ0n) is 16.6. The van der Waals surface area contributed by atoms with Crippen LogP contribution in [0.15, 0.2) is 103 Å². The van der Waals surface area contributed by atoms with E-state index in [2.05, 4.69) is 95.7 Å². The van der Waals surface area contributed by atoms with Crippen molar-refractivity contribution in [3.63, 3.8) is 0 Å². The van der Waals surface area contributed by atoms with Crippen LogP contribution in [0.1, 0.15) is 0 Å². The highest BCUT2D eigenvalue weighted by molar-refractivity contribution is 8.23. The molecule has 4 heteroatoms. The summed E-state index contributed by atoms with van der Waals surface area (Å²) in [6.45, 7) is 0. The fourth-order valence-electron chi connectivity index (χ4n) is 5.13. The molecule has 0 saturated heterocycles. The molecule has 0 aliphatic carbocycles. The van der Waals surface area contributed by atoms with Crippen LogP contribution < -0.4 is 15.3 Å². The monoisotopic (exact) mass is 432 g/mol. The lowest BCUT2D eigenvalue weighted by atomic mass is 9.97. The van der Waals surface area contributed by atoms with Gasteiger partial charge in [0.25, 0.3) is 0 Å². The predicted molar refractivity (Wildman–Crippen MR) is 135 cm³/mol. The van der Waals surface area contributed by atoms with Gasteiger partial charge in [0, 0.05) is 33.3 Å². The number of pyridine rings is 1. The highest BCUT2D eigenvalue weighted by atomic mass is 32.4. The molecule has 0 amide bonds. The largest absolute Gasteiger partial charge is 0.288 e. The van der Waals surface area contributed by atoms with Crippen LogP contribution in [-0.4, -0.2) is 4.98 Å². The minimum absolute atomic E-state index is 0.969. The third kappa shape index (κ3) is 2.13. The molecule has 3 heterocycles. The third-order valence-electron chi connectivity index (χ3n) is 6.42. The van der Waals surface area contributed by atoms with Crippen LogP contribution >= 0.6 is 6.19 Å². The van der Waals surface area contributed by atoms with E-state index in [4.69, 9.17) is 16.8 Å². The lowest BCUT2D eigenvalue weighted by molar-refractivity contribution is 1.24. The number of rotatable bonds is 0. The molecule has 0 fully saturated rings. The van der Waals surface area contributed by atoms with Gasteiger partial charge in [-0.2, -0.15) is 0 Å². The normalized spacial score (nSPS) is 17.9. The van der Waals surface area contributed by atoms with Crippen LogP contribution in [0.2, 0.25) is 0 Å². The fourth-order valence-corrected chi connectivity index (χ4v) is 9.80. The van der Waals surface area contributed by atoms with Crippen molar-refractivity contribution < 1.29 is 0 Å². The molecule has 0 bridgehead atoms. The Kier molecular flexibility index (Phi) is 3.45. The van der Waals surface area contributed by atoms with Crippen LogP contribution in [0.25, 0.3) is 33.0 Å². The van der Waals surface area contributed by atoms with Crippen molar-refractivity contribution in [1.29, 1.82) is 0 Å². The van der Waals surface area contributed by atoms with Gasteiger partial charge in [0.15, 0.2) is 0 Å². The lowest BCUT2D eigenvalue weighted by Gasteiger charge is -2.46. The maximum absolute atomic E-state index is 6.75. The number of nitrogens with zero attached hydrogens (tertiary/aromatic N) is 2. The summed E-state index contributed by atoms with van der Waals surface area (Å²) in [7, 11) is 0. The average Bonchev–Trinajstić information content (AvgIpc) is 2.84. The van der Waals surface area contributed by atoms with Crippen molar-refractivity contribution >= 4 is 50.9 Å². The summed E-state index contributed by atoms with van der Waals surface area (Å²) < 4.78 is 2.42. The summed E-state index contributed by atoms with van der Waals surface area (Å²) in [5.41, 5.74) is 6.03. The second kappa shape index (κ2) is 6.13. The van der Waals surface area contributed by atoms with E-state index in [1.54, 1.807) is 0 Å². The second-order valence-electron chi connectivity index (χ2n) is 7.98. The zero-order valence-corrected chi connectivity index (χ0v) is 18.3. The molecule has 7 rings (SSSR count). The molecule has 0 radical (unpaired) electrons. The number of aromatic nitrogens is 1. The van der Waals surface area contributed by atoms with E-state index < -0.39 is 6.19 Å². The number of fused-ring (bicyclic) bond motifs is 13. The SMILES string of the molecule is S=P12c3ccccc3-c3cccnc3N1c1c(ccc3ccccc13)-c1ccccc12. The Balaban J connectivity index is 1.74. The van der Waals surface area contributed by atoms with Gasteiger partial charge in [-0.15, -0.1) is 0 Å². The van der Waals surface area contributed by atoms with Crippen molar-refractivity contribution in [3.8, 4) is 22.3 Å². The number of benzene rings is 4. The first-order valence-corrected chi connectivity index (χ1v) is 13.1. The average molecular weight is 432 g/mol. The van der Waals surface area contributed by atoms with Crippen LogP contribution in [0, 0.1) is 0 Å². The molecule has 1 atom stereocenters. The molecule has 1 aromatic heterocycles. The predicted octanol–water partition coefficient (Wildman–Crippen LogP) is 6.38. The van der Waals surface area contributed by atoms with E-state index in [-0.39, 0.29) is 0 Å². The molecule has 146 valence electrons. The Hall–Kier alpha value is -3.26. The molecule has 2 nitrogen and oxygen atoms in total. The molecule has 5 aromatic rings. The second-order valence-corrected chi connectivity index (χ2v) is 12.1. The summed E-state index contributed by atoms with van der Waals surface area (Å²) in [4.78, 5) is 4.91. The van der Waals surface area contributed by atoms with Gasteiger partial charge in [-0.1, -0.05) is 96.7 Å². The van der Waals surface area contributed by atoms with Crippen LogP contribution in [0.3, 0.4) is 0 Å². The Morgan fingerprint density at radius 2 is 1.26 bits per heavy atom. The van der Waals surface area contributed by atoms with Crippen LogP contribution in [0.4, 0.5) is 11.5 Å². The molecule has 4 aromatic carbocycles. The highest BCUT2D eigenvalue weighted by Crippen LogP contribution is 2.66. The summed E-state index contributed by atoms with van der Waals surface area (Å²) in [5, 5.41) is 4.94. The first-order valence-electron chi connectivity index (χ1n) is 10.4. The van der Waals surface area contributed by atoms with E-state index >= 15 is 0 Å². The molecule has 2 aliphatic rings. The van der Waals surface area contributed by atoms with Crippen LogP contribution in [-0.2, 0) is 11.8 Å². The first-order chi connectivity index (χ1) is 15.3. The van der Waals surface area contributed by atoms with Gasteiger partial charge in [-0.25, -0.2) is 4.98 Å². The molecule has 31 heavy (non-hydrogen) atoms. The fraction of sp³-hybridized carbons (Fsp3) is 0. The van der Waals surface area contributed by atoms with Gasteiger partial charge in [0.2, 0.25) is 0 Å². The smallest absolute Gasteiger partial charge is 0.145 e. The molecular formula is C27H17N2PS. The quantitative estimate of drug-likeness (QED) is 0.264. The Morgan fingerprint density at radius 3 is 2.06 bits per heavy atom. The van der Waals surface area contributed by atoms with Gasteiger partial charge < -0.3 is 0 Å².